The van der Waals surface area contributed by atoms with Crippen molar-refractivity contribution in [2.45, 2.75) is 37.8 Å². The zero-order valence-electron chi connectivity index (χ0n) is 14.2. The van der Waals surface area contributed by atoms with E-state index < -0.39 is 10.0 Å². The van der Waals surface area contributed by atoms with Crippen LogP contribution in [0.5, 0.6) is 11.5 Å². The first-order valence-electron chi connectivity index (χ1n) is 8.05. The molecule has 0 saturated carbocycles. The van der Waals surface area contributed by atoms with Crippen LogP contribution < -0.4 is 19.9 Å². The number of nitrogens with zero attached hydrogens (tertiary/aromatic N) is 1. The highest BCUT2D eigenvalue weighted by molar-refractivity contribution is 7.89. The topological polar surface area (TPSA) is 104 Å². The molecule has 0 unspecified atom stereocenters. The van der Waals surface area contributed by atoms with E-state index in [-0.39, 0.29) is 11.0 Å². The highest BCUT2D eigenvalue weighted by Gasteiger charge is 2.21. The van der Waals surface area contributed by atoms with Crippen molar-refractivity contribution in [1.82, 2.24) is 4.98 Å². The number of aromatic nitrogens is 1. The fourth-order valence-corrected chi connectivity index (χ4v) is 3.21. The summed E-state index contributed by atoms with van der Waals surface area (Å²) in [6, 6.07) is 7.00. The van der Waals surface area contributed by atoms with Crippen LogP contribution in [0.1, 0.15) is 25.0 Å². The molecular formula is C17H21N3O4S. The minimum atomic E-state index is -3.74. The molecule has 0 spiro atoms. The normalized spacial score (nSPS) is 16.2. The molecule has 1 aromatic heterocycles. The Hall–Kier alpha value is -2.32. The van der Waals surface area contributed by atoms with Gasteiger partial charge in [-0.1, -0.05) is 0 Å². The molecule has 3 N–H and O–H groups in total. The summed E-state index contributed by atoms with van der Waals surface area (Å²) in [5.41, 5.74) is 2.10. The molecule has 1 atom stereocenters. The van der Waals surface area contributed by atoms with Crippen LogP contribution in [0, 0.1) is 0 Å². The number of anilines is 1. The SMILES string of the molecule is CCOc1cc2c(cc1CNc1ccc(S(N)(=O)=O)cn1)O[C@@H](C)C2. The van der Waals surface area contributed by atoms with Gasteiger partial charge in [-0.3, -0.25) is 0 Å². The molecule has 1 aliphatic rings. The lowest BCUT2D eigenvalue weighted by atomic mass is 10.1. The zero-order chi connectivity index (χ0) is 18.0. The number of benzene rings is 1. The largest absolute Gasteiger partial charge is 0.494 e. The minimum absolute atomic E-state index is 0.0204. The van der Waals surface area contributed by atoms with Crippen molar-refractivity contribution in [1.29, 1.82) is 0 Å². The number of hydrogen-bond acceptors (Lipinski definition) is 6. The van der Waals surface area contributed by atoms with E-state index in [1.807, 2.05) is 26.0 Å². The van der Waals surface area contributed by atoms with Crippen LogP contribution in [0.25, 0.3) is 0 Å². The van der Waals surface area contributed by atoms with Gasteiger partial charge >= 0.3 is 0 Å². The van der Waals surface area contributed by atoms with Crippen LogP contribution in [0.3, 0.4) is 0 Å². The van der Waals surface area contributed by atoms with Crippen LogP contribution in [-0.4, -0.2) is 26.1 Å². The van der Waals surface area contributed by atoms with Crippen molar-refractivity contribution in [3.8, 4) is 11.5 Å². The lowest BCUT2D eigenvalue weighted by molar-refractivity contribution is 0.254. The highest BCUT2D eigenvalue weighted by Crippen LogP contribution is 2.35. The second-order valence-corrected chi connectivity index (χ2v) is 7.47. The number of nitrogens with one attached hydrogen (secondary N) is 1. The Morgan fingerprint density at radius 1 is 1.40 bits per heavy atom. The van der Waals surface area contributed by atoms with Gasteiger partial charge in [0, 0.05) is 30.3 Å². The standard InChI is InChI=1S/C17H21N3O4S/c1-3-23-15-7-12-6-11(2)24-16(12)8-13(15)9-19-17-5-4-14(10-20-17)25(18,21)22/h4-5,7-8,10-11H,3,6,9H2,1-2H3,(H,19,20)(H2,18,21,22)/t11-/m0/s1. The number of fused-ring (bicyclic) bond motifs is 1. The molecule has 134 valence electrons. The molecule has 7 nitrogen and oxygen atoms in total. The second-order valence-electron chi connectivity index (χ2n) is 5.91. The third kappa shape index (κ3) is 4.02. The minimum Gasteiger partial charge on any atom is -0.494 e. The maximum atomic E-state index is 11.3. The summed E-state index contributed by atoms with van der Waals surface area (Å²) in [5, 5.41) is 8.23. The predicted molar refractivity (Wildman–Crippen MR) is 94.3 cm³/mol. The second kappa shape index (κ2) is 6.89. The molecule has 3 rings (SSSR count). The van der Waals surface area contributed by atoms with Gasteiger partial charge in [-0.05, 0) is 38.1 Å². The fraction of sp³-hybridized carbons (Fsp3) is 0.353. The molecule has 2 heterocycles. The number of pyridine rings is 1. The Morgan fingerprint density at radius 2 is 2.20 bits per heavy atom. The Morgan fingerprint density at radius 3 is 2.84 bits per heavy atom. The molecule has 0 saturated heterocycles. The molecule has 1 aliphatic heterocycles. The van der Waals surface area contributed by atoms with Gasteiger partial charge in [-0.25, -0.2) is 18.5 Å². The fourth-order valence-electron chi connectivity index (χ4n) is 2.75. The van der Waals surface area contributed by atoms with E-state index in [1.54, 1.807) is 6.07 Å². The molecule has 0 bridgehead atoms. The quantitative estimate of drug-likeness (QED) is 0.814. The third-order valence-corrected chi connectivity index (χ3v) is 4.80. The van der Waals surface area contributed by atoms with E-state index in [9.17, 15) is 8.42 Å². The Bertz CT molecular complexity index is 866. The van der Waals surface area contributed by atoms with Gasteiger partial charge in [0.15, 0.2) is 0 Å². The monoisotopic (exact) mass is 363 g/mol. The van der Waals surface area contributed by atoms with Crippen molar-refractivity contribution in [2.75, 3.05) is 11.9 Å². The van der Waals surface area contributed by atoms with E-state index in [4.69, 9.17) is 14.6 Å². The number of hydrogen-bond donors (Lipinski definition) is 2. The number of ether oxygens (including phenoxy) is 2. The van der Waals surface area contributed by atoms with Gasteiger partial charge in [0.25, 0.3) is 0 Å². The van der Waals surface area contributed by atoms with Gasteiger partial charge < -0.3 is 14.8 Å². The predicted octanol–water partition coefficient (Wildman–Crippen LogP) is 2.06. The van der Waals surface area contributed by atoms with Crippen molar-refractivity contribution in [3.05, 3.63) is 41.6 Å². The molecule has 8 heteroatoms. The van der Waals surface area contributed by atoms with E-state index in [2.05, 4.69) is 10.3 Å². The molecule has 1 aromatic carbocycles. The zero-order valence-corrected chi connectivity index (χ0v) is 15.0. The van der Waals surface area contributed by atoms with Crippen molar-refractivity contribution >= 4 is 15.8 Å². The Kier molecular flexibility index (Phi) is 4.82. The van der Waals surface area contributed by atoms with Crippen LogP contribution in [0.4, 0.5) is 5.82 Å². The van der Waals surface area contributed by atoms with E-state index in [0.717, 1.165) is 29.0 Å². The summed E-state index contributed by atoms with van der Waals surface area (Å²) in [5.74, 6) is 2.24. The summed E-state index contributed by atoms with van der Waals surface area (Å²) in [4.78, 5) is 4.06. The van der Waals surface area contributed by atoms with E-state index in [1.165, 1.54) is 12.3 Å². The Balaban J connectivity index is 1.77. The summed E-state index contributed by atoms with van der Waals surface area (Å²) in [6.07, 6.45) is 2.27. The van der Waals surface area contributed by atoms with Crippen LogP contribution in [0.2, 0.25) is 0 Å². The van der Waals surface area contributed by atoms with E-state index in [0.29, 0.717) is 19.0 Å². The maximum absolute atomic E-state index is 11.3. The number of sulfonamides is 1. The van der Waals surface area contributed by atoms with Gasteiger partial charge in [0.05, 0.1) is 6.61 Å². The summed E-state index contributed by atoms with van der Waals surface area (Å²) in [7, 11) is -3.74. The van der Waals surface area contributed by atoms with Crippen LogP contribution in [0.15, 0.2) is 35.4 Å². The number of rotatable bonds is 6. The highest BCUT2D eigenvalue weighted by atomic mass is 32.2. The van der Waals surface area contributed by atoms with Gasteiger partial charge in [0.2, 0.25) is 10.0 Å². The van der Waals surface area contributed by atoms with Crippen molar-refractivity contribution < 1.29 is 17.9 Å². The van der Waals surface area contributed by atoms with Crippen LogP contribution in [-0.2, 0) is 23.0 Å². The first-order chi connectivity index (χ1) is 11.9. The molecule has 0 radical (unpaired) electrons. The number of nitrogens with two attached hydrogens (primary N) is 1. The smallest absolute Gasteiger partial charge is 0.239 e. The first kappa shape index (κ1) is 17.5. The summed E-state index contributed by atoms with van der Waals surface area (Å²) < 4.78 is 34.1. The van der Waals surface area contributed by atoms with E-state index >= 15 is 0 Å². The molecule has 25 heavy (non-hydrogen) atoms. The van der Waals surface area contributed by atoms with Gasteiger partial charge in [-0.2, -0.15) is 0 Å². The number of primary sulfonamides is 1. The third-order valence-electron chi connectivity index (χ3n) is 3.90. The first-order valence-corrected chi connectivity index (χ1v) is 9.59. The maximum Gasteiger partial charge on any atom is 0.239 e. The summed E-state index contributed by atoms with van der Waals surface area (Å²) >= 11 is 0. The van der Waals surface area contributed by atoms with Gasteiger partial charge in [-0.15, -0.1) is 0 Å². The average Bonchev–Trinajstić information content (AvgIpc) is 2.91. The lowest BCUT2D eigenvalue weighted by Gasteiger charge is -2.13. The molecule has 2 aromatic rings. The molecule has 0 fully saturated rings. The summed E-state index contributed by atoms with van der Waals surface area (Å²) in [6.45, 7) is 5.03. The van der Waals surface area contributed by atoms with Gasteiger partial charge in [0.1, 0.15) is 28.3 Å². The molecular weight excluding hydrogens is 342 g/mol. The van der Waals surface area contributed by atoms with Crippen molar-refractivity contribution in [2.24, 2.45) is 5.14 Å². The molecule has 0 amide bonds. The van der Waals surface area contributed by atoms with Crippen molar-refractivity contribution in [3.63, 3.8) is 0 Å². The average molecular weight is 363 g/mol. The van der Waals surface area contributed by atoms with Crippen LogP contribution >= 0.6 is 0 Å². The lowest BCUT2D eigenvalue weighted by Crippen LogP contribution is -2.12. The molecule has 0 aliphatic carbocycles. The Labute approximate surface area is 147 Å².